The average molecular weight is 780 g/mol. The van der Waals surface area contributed by atoms with Gasteiger partial charge in [0.05, 0.1) is 11.2 Å². The van der Waals surface area contributed by atoms with E-state index < -0.39 is 14.3 Å². The lowest BCUT2D eigenvalue weighted by Crippen LogP contribution is -2.29. The van der Waals surface area contributed by atoms with Crippen molar-refractivity contribution in [2.75, 3.05) is 0 Å². The van der Waals surface area contributed by atoms with Gasteiger partial charge >= 0.3 is 0 Å². The molecule has 0 saturated carbocycles. The summed E-state index contributed by atoms with van der Waals surface area (Å²) in [7, 11) is -7.00. The number of hydrogen-bond donors (Lipinski definition) is 0. The molecule has 9 aromatic carbocycles. The lowest BCUT2D eigenvalue weighted by molar-refractivity contribution is 0.593. The van der Waals surface area contributed by atoms with Gasteiger partial charge in [0.1, 0.15) is 0 Å². The van der Waals surface area contributed by atoms with E-state index in [4.69, 9.17) is 0 Å². The fraction of sp³-hybridized carbons (Fsp3) is 0.0189. The van der Waals surface area contributed by atoms with E-state index in [1.807, 2.05) is 72.8 Å². The molecule has 3 heterocycles. The van der Waals surface area contributed by atoms with Crippen LogP contribution in [0.5, 0.6) is 0 Å². The zero-order chi connectivity index (χ0) is 38.9. The van der Waals surface area contributed by atoms with Crippen molar-refractivity contribution in [2.45, 2.75) is 6.92 Å². The van der Waals surface area contributed by atoms with Crippen molar-refractivity contribution in [3.63, 3.8) is 0 Å². The van der Waals surface area contributed by atoms with Crippen LogP contribution in [0.4, 0.5) is 0 Å². The fourth-order valence-electron chi connectivity index (χ4n) is 10.4. The van der Waals surface area contributed by atoms with Gasteiger partial charge in [-0.2, -0.15) is 0 Å². The predicted molar refractivity (Wildman–Crippen MR) is 249 cm³/mol. The van der Waals surface area contributed by atoms with Crippen molar-refractivity contribution in [3.05, 3.63) is 194 Å². The van der Waals surface area contributed by atoms with Crippen LogP contribution >= 0.6 is 14.3 Å². The number of fused-ring (bicyclic) bond motifs is 5. The Morgan fingerprint density at radius 1 is 0.483 bits per heavy atom. The summed E-state index contributed by atoms with van der Waals surface area (Å²) >= 11 is 0. The lowest BCUT2D eigenvalue weighted by atomic mass is 10.00. The maximum atomic E-state index is 17.0. The summed E-state index contributed by atoms with van der Waals surface area (Å²) in [5, 5.41) is 14.1. The molecule has 12 rings (SSSR count). The van der Waals surface area contributed by atoms with Crippen LogP contribution in [0, 0.1) is 6.92 Å². The first-order valence-electron chi connectivity index (χ1n) is 19.7. The number of benzene rings is 9. The maximum absolute atomic E-state index is 17.0. The van der Waals surface area contributed by atoms with Gasteiger partial charge in [0.15, 0.2) is 14.3 Å². The molecule has 2 aliphatic rings. The van der Waals surface area contributed by atoms with Gasteiger partial charge in [0.2, 0.25) is 0 Å². The van der Waals surface area contributed by atoms with E-state index in [1.165, 1.54) is 0 Å². The highest BCUT2D eigenvalue weighted by molar-refractivity contribution is 7.90. The summed E-state index contributed by atoms with van der Waals surface area (Å²) in [5.41, 5.74) is 6.21. The molecule has 0 atom stereocenters. The van der Waals surface area contributed by atoms with E-state index in [-0.39, 0.29) is 0 Å². The van der Waals surface area contributed by atoms with Crippen LogP contribution in [0.15, 0.2) is 183 Å². The van der Waals surface area contributed by atoms with Crippen LogP contribution < -0.4 is 31.8 Å². The first kappa shape index (κ1) is 33.6. The van der Waals surface area contributed by atoms with Crippen LogP contribution in [0.2, 0.25) is 0 Å². The number of nitrogens with zero attached hydrogens (tertiary/aromatic N) is 1. The third-order valence-corrected chi connectivity index (χ3v) is 19.1. The minimum absolute atomic E-state index is 0.775. The zero-order valence-corrected chi connectivity index (χ0v) is 33.5. The average Bonchev–Trinajstić information content (AvgIpc) is 3.81. The van der Waals surface area contributed by atoms with Crippen LogP contribution in [-0.4, -0.2) is 4.57 Å². The molecule has 58 heavy (non-hydrogen) atoms. The molecule has 0 saturated heterocycles. The Hall–Kier alpha value is -6.50. The third kappa shape index (κ3) is 4.10. The summed E-state index contributed by atoms with van der Waals surface area (Å²) in [6.45, 7) is 6.12. The highest BCUT2D eigenvalue weighted by atomic mass is 31.2. The normalized spacial score (nSPS) is 14.7. The van der Waals surface area contributed by atoms with E-state index in [2.05, 4.69) is 127 Å². The Labute approximate surface area is 336 Å². The predicted octanol–water partition coefficient (Wildman–Crippen LogP) is 11.3. The Balaban J connectivity index is 1.19. The molecular weight excluding hydrogens is 745 g/mol. The molecule has 0 radical (unpaired) electrons. The molecule has 0 spiro atoms. The Morgan fingerprint density at radius 3 is 1.40 bits per heavy atom. The molecule has 5 heteroatoms. The highest BCUT2D eigenvalue weighted by Gasteiger charge is 2.53. The standard InChI is InChI=1S/C53H35NO2P2/c1-3-4-19-36-33(2)54(44-27-14-13-22-39(36)44)51-40-23-9-11-25-42(40)53(43-26-12-10-24-41(43)51)58(56)47-30-15-28-45-49(47)50-46(29-16-31-48(50)58)57(45,55)52-37-20-7-5-17-34(37)32-35-18-6-8-21-38(35)52/h3-32H,1H2,2H3/b19-4-. The summed E-state index contributed by atoms with van der Waals surface area (Å²) in [5.74, 6) is 0. The monoisotopic (exact) mass is 779 g/mol. The van der Waals surface area contributed by atoms with Gasteiger partial charge in [-0.1, -0.05) is 176 Å². The minimum Gasteiger partial charge on any atom is -0.312 e. The molecule has 0 aliphatic carbocycles. The third-order valence-electron chi connectivity index (χ3n) is 12.7. The van der Waals surface area contributed by atoms with Crippen molar-refractivity contribution in [2.24, 2.45) is 0 Å². The molecule has 3 nitrogen and oxygen atoms in total. The summed E-state index contributed by atoms with van der Waals surface area (Å²) in [6.07, 6.45) is 5.94. The maximum Gasteiger partial charge on any atom is 0.173 e. The number of hydrogen-bond acceptors (Lipinski definition) is 2. The van der Waals surface area contributed by atoms with Gasteiger partial charge in [-0.15, -0.1) is 0 Å². The Morgan fingerprint density at radius 2 is 0.897 bits per heavy atom. The highest BCUT2D eigenvalue weighted by Crippen LogP contribution is 2.63. The van der Waals surface area contributed by atoms with Gasteiger partial charge in [-0.3, -0.25) is 0 Å². The molecular formula is C53H35NO2P2. The van der Waals surface area contributed by atoms with Crippen molar-refractivity contribution in [3.8, 4) is 16.8 Å². The summed E-state index contributed by atoms with van der Waals surface area (Å²) in [6, 6.07) is 56.4. The molecule has 0 unspecified atom stereocenters. The second kappa shape index (κ2) is 12.0. The smallest absolute Gasteiger partial charge is 0.173 e. The van der Waals surface area contributed by atoms with E-state index >= 15 is 9.13 Å². The van der Waals surface area contributed by atoms with Crippen molar-refractivity contribution in [1.29, 1.82) is 0 Å². The largest absolute Gasteiger partial charge is 0.312 e. The number of rotatable bonds is 5. The van der Waals surface area contributed by atoms with Crippen molar-refractivity contribution >= 4 is 106 Å². The molecule has 0 bridgehead atoms. The molecule has 0 N–H and O–H groups in total. The van der Waals surface area contributed by atoms with Gasteiger partial charge in [-0.05, 0) is 51.4 Å². The van der Waals surface area contributed by atoms with Crippen LogP contribution in [-0.2, 0) is 9.13 Å². The zero-order valence-electron chi connectivity index (χ0n) is 31.7. The van der Waals surface area contributed by atoms with Crippen LogP contribution in [0.25, 0.3) is 76.9 Å². The molecule has 274 valence electrons. The quantitative estimate of drug-likeness (QED) is 0.0991. The topological polar surface area (TPSA) is 39.1 Å². The van der Waals surface area contributed by atoms with Gasteiger partial charge in [0, 0.05) is 70.4 Å². The number of para-hydroxylation sites is 1. The van der Waals surface area contributed by atoms with Crippen molar-refractivity contribution < 1.29 is 9.13 Å². The number of aromatic nitrogens is 1. The van der Waals surface area contributed by atoms with E-state index in [0.717, 1.165) is 114 Å². The van der Waals surface area contributed by atoms with E-state index in [9.17, 15) is 0 Å². The molecule has 0 fully saturated rings. The summed E-state index contributed by atoms with van der Waals surface area (Å²) in [4.78, 5) is 0. The van der Waals surface area contributed by atoms with Gasteiger partial charge in [-0.25, -0.2) is 0 Å². The SMILES string of the molecule is C=C/C=C\c1c(C)n(-c2c3ccccc3c(P3(=O)c4cccc5c4-c4c(cccc43)P5(=O)c3c4ccccc4cc4ccccc34)c3ccccc23)c2ccccc12. The molecule has 10 aromatic rings. The number of allylic oxidation sites excluding steroid dienone is 2. The van der Waals surface area contributed by atoms with E-state index in [1.54, 1.807) is 0 Å². The Kier molecular flexibility index (Phi) is 6.96. The molecule has 1 aromatic heterocycles. The first-order chi connectivity index (χ1) is 28.5. The molecule has 2 aliphatic heterocycles. The first-order valence-corrected chi connectivity index (χ1v) is 23.1. The Bertz CT molecular complexity index is 3450. The van der Waals surface area contributed by atoms with Crippen molar-refractivity contribution in [1.82, 2.24) is 4.57 Å². The van der Waals surface area contributed by atoms with Crippen LogP contribution in [0.1, 0.15) is 11.3 Å². The lowest BCUT2D eigenvalue weighted by Gasteiger charge is -2.26. The van der Waals surface area contributed by atoms with E-state index in [0.29, 0.717) is 0 Å². The second-order valence-electron chi connectivity index (χ2n) is 15.5. The molecule has 0 amide bonds. The van der Waals surface area contributed by atoms with Crippen LogP contribution in [0.3, 0.4) is 0 Å². The minimum atomic E-state index is -3.56. The second-order valence-corrected chi connectivity index (χ2v) is 20.7. The van der Waals surface area contributed by atoms with Gasteiger partial charge < -0.3 is 13.7 Å². The van der Waals surface area contributed by atoms with Gasteiger partial charge in [0.25, 0.3) is 0 Å². The summed E-state index contributed by atoms with van der Waals surface area (Å²) < 4.78 is 35.9. The fourth-order valence-corrected chi connectivity index (χ4v) is 17.6.